The number of allylic oxidation sites excluding steroid dienone is 8. The molecule has 1 N–H and O–H groups in total. The molecule has 0 saturated heterocycles. The maximum atomic E-state index is 5.62. The van der Waals surface area contributed by atoms with E-state index in [1.54, 1.807) is 0 Å². The van der Waals surface area contributed by atoms with Gasteiger partial charge in [0, 0.05) is 43.8 Å². The van der Waals surface area contributed by atoms with Gasteiger partial charge in [0.2, 0.25) is 0 Å². The highest BCUT2D eigenvalue weighted by atomic mass is 32.2. The zero-order valence-electron chi connectivity index (χ0n) is 25.9. The van der Waals surface area contributed by atoms with Gasteiger partial charge in [-0.25, -0.2) is 15.0 Å². The first kappa shape index (κ1) is 31.3. The van der Waals surface area contributed by atoms with Crippen LogP contribution in [-0.4, -0.2) is 19.9 Å². The molecule has 1 aliphatic carbocycles. The summed E-state index contributed by atoms with van der Waals surface area (Å²) in [5.74, 6) is 1.95. The molecule has 2 heterocycles. The monoisotopic (exact) mass is 604 g/mol. The van der Waals surface area contributed by atoms with Crippen LogP contribution in [0, 0.1) is 18.6 Å². The second-order valence-corrected chi connectivity index (χ2v) is 11.4. The minimum absolute atomic E-state index is 0.621. The second kappa shape index (κ2) is 15.0. The Kier molecular flexibility index (Phi) is 10.4. The van der Waals surface area contributed by atoms with Gasteiger partial charge in [-0.3, -0.25) is 0 Å². The number of nitrogens with zero attached hydrogens (tertiary/aromatic N) is 3. The number of para-hydroxylation sites is 1. The summed E-state index contributed by atoms with van der Waals surface area (Å²) >= 11 is 1.34. The van der Waals surface area contributed by atoms with Crippen molar-refractivity contribution in [2.45, 2.75) is 38.5 Å². The van der Waals surface area contributed by atoms with Crippen LogP contribution in [0.1, 0.15) is 49.3 Å². The molecule has 0 amide bonds. The van der Waals surface area contributed by atoms with Gasteiger partial charge >= 0.3 is 0 Å². The molecule has 6 rings (SSSR count). The van der Waals surface area contributed by atoms with E-state index in [2.05, 4.69) is 78.4 Å². The lowest BCUT2D eigenvalue weighted by molar-refractivity contribution is 1.01. The number of aryl methyl sites for hydroxylation is 1. The largest absolute Gasteiger partial charge is 0.358 e. The van der Waals surface area contributed by atoms with E-state index in [1.165, 1.54) is 33.9 Å². The van der Waals surface area contributed by atoms with Crippen LogP contribution < -0.4 is 0 Å². The van der Waals surface area contributed by atoms with Gasteiger partial charge in [0.05, 0.1) is 0 Å². The van der Waals surface area contributed by atoms with Gasteiger partial charge in [-0.05, 0) is 73.9 Å². The van der Waals surface area contributed by atoms with Crippen LogP contribution in [0.25, 0.3) is 50.9 Å². The van der Waals surface area contributed by atoms with Crippen molar-refractivity contribution in [3.05, 3.63) is 138 Å². The smallest absolute Gasteiger partial charge is 0.164 e. The highest BCUT2D eigenvalue weighted by Crippen LogP contribution is 2.33. The highest BCUT2D eigenvalue weighted by Gasteiger charge is 2.15. The maximum Gasteiger partial charge on any atom is 0.164 e. The van der Waals surface area contributed by atoms with Crippen LogP contribution in [0.2, 0.25) is 0 Å². The van der Waals surface area contributed by atoms with Gasteiger partial charge in [-0.15, -0.1) is 6.42 Å². The molecular formula is C40H36N4S. The fourth-order valence-electron chi connectivity index (χ4n) is 5.18. The summed E-state index contributed by atoms with van der Waals surface area (Å²) in [5, 5.41) is 3.98. The van der Waals surface area contributed by atoms with E-state index in [1.807, 2.05) is 74.5 Å². The first-order valence-electron chi connectivity index (χ1n) is 15.0. The van der Waals surface area contributed by atoms with E-state index in [0.717, 1.165) is 45.6 Å². The Morgan fingerprint density at radius 3 is 2.33 bits per heavy atom. The normalized spacial score (nSPS) is 12.6. The molecule has 0 saturated carbocycles. The lowest BCUT2D eigenvalue weighted by atomic mass is 10.0. The van der Waals surface area contributed by atoms with Gasteiger partial charge < -0.3 is 4.98 Å². The number of nitrogens with one attached hydrogen (secondary N) is 1. The van der Waals surface area contributed by atoms with Crippen molar-refractivity contribution in [2.75, 3.05) is 0 Å². The van der Waals surface area contributed by atoms with Gasteiger partial charge in [-0.1, -0.05) is 110 Å². The maximum absolute atomic E-state index is 5.62. The van der Waals surface area contributed by atoms with Crippen molar-refractivity contribution < 1.29 is 0 Å². The molecular weight excluding hydrogens is 569 g/mol. The molecule has 3 aromatic carbocycles. The number of aromatic amines is 1. The summed E-state index contributed by atoms with van der Waals surface area (Å²) in [4.78, 5) is 18.7. The fraction of sp³-hybridized carbons (Fsp3) is 0.125. The molecule has 2 aromatic heterocycles. The minimum Gasteiger partial charge on any atom is -0.358 e. The van der Waals surface area contributed by atoms with Gasteiger partial charge in [-0.2, -0.15) is 0 Å². The Labute approximate surface area is 270 Å². The molecule has 0 atom stereocenters. The van der Waals surface area contributed by atoms with Crippen LogP contribution in [0.5, 0.6) is 0 Å². The highest BCUT2D eigenvalue weighted by molar-refractivity contribution is 8.04. The van der Waals surface area contributed by atoms with Crippen LogP contribution in [0.3, 0.4) is 0 Å². The average Bonchev–Trinajstić information content (AvgIpc) is 3.40. The van der Waals surface area contributed by atoms with Crippen molar-refractivity contribution in [3.8, 4) is 34.5 Å². The molecule has 222 valence electrons. The van der Waals surface area contributed by atoms with Crippen molar-refractivity contribution in [1.29, 1.82) is 0 Å². The quantitative estimate of drug-likeness (QED) is 0.114. The zero-order chi connectivity index (χ0) is 31.6. The molecule has 0 fully saturated rings. The number of H-pyrrole nitrogens is 1. The summed E-state index contributed by atoms with van der Waals surface area (Å²) in [5.41, 5.74) is 8.54. The first-order chi connectivity index (χ1) is 22.0. The second-order valence-electron chi connectivity index (χ2n) is 10.5. The summed E-state index contributed by atoms with van der Waals surface area (Å²) in [6, 6.07) is 24.4. The van der Waals surface area contributed by atoms with Gasteiger partial charge in [0.25, 0.3) is 0 Å². The lowest BCUT2D eigenvalue weighted by Gasteiger charge is -2.12. The first-order valence-corrected chi connectivity index (χ1v) is 15.8. The number of hydrogen-bond donors (Lipinski definition) is 1. The predicted octanol–water partition coefficient (Wildman–Crippen LogP) is 10.7. The van der Waals surface area contributed by atoms with Crippen molar-refractivity contribution in [2.24, 2.45) is 0 Å². The van der Waals surface area contributed by atoms with Gasteiger partial charge in [0.1, 0.15) is 0 Å². The Morgan fingerprint density at radius 2 is 1.62 bits per heavy atom. The van der Waals surface area contributed by atoms with E-state index >= 15 is 0 Å². The molecule has 0 bridgehead atoms. The number of thioether (sulfide) groups is 1. The Bertz CT molecular complexity index is 1980. The van der Waals surface area contributed by atoms with Gasteiger partial charge in [0.15, 0.2) is 17.5 Å². The number of terminal acetylenes is 1. The predicted molar refractivity (Wildman–Crippen MR) is 193 cm³/mol. The van der Waals surface area contributed by atoms with E-state index < -0.39 is 0 Å². The van der Waals surface area contributed by atoms with Crippen molar-refractivity contribution >= 4 is 39.9 Å². The molecule has 0 spiro atoms. The summed E-state index contributed by atoms with van der Waals surface area (Å²) in [6.45, 7) is 10.3. The molecule has 0 radical (unpaired) electrons. The summed E-state index contributed by atoms with van der Waals surface area (Å²) < 4.78 is 0. The lowest BCUT2D eigenvalue weighted by Crippen LogP contribution is -2.03. The molecule has 0 aliphatic heterocycles. The van der Waals surface area contributed by atoms with E-state index in [4.69, 9.17) is 21.4 Å². The van der Waals surface area contributed by atoms with Crippen LogP contribution in [0.4, 0.5) is 0 Å². The third-order valence-corrected chi connectivity index (χ3v) is 8.00. The number of hydrogen-bond acceptors (Lipinski definition) is 4. The fourth-order valence-corrected chi connectivity index (χ4v) is 5.80. The molecule has 45 heavy (non-hydrogen) atoms. The minimum atomic E-state index is 0.621. The Hall–Kier alpha value is -5.18. The standard InChI is InChI=1S/C28H23N3S.C12H13N/c1-4-12-20(3)24-18-17-23(19-25(24)32-5-2)28-30-26(21-13-8-6-9-14-21)29-27(31-28)22-15-10-7-11-16-22;1-3-6-10-9(2)13-12-8-5-4-7-11(10)12/h2,4,6,8-10,12-19H,3,7,11H2,1H3;3-8,13H,1-2H3/b12-4-;6-3-. The van der Waals surface area contributed by atoms with Crippen LogP contribution in [0.15, 0.2) is 121 Å². The zero-order valence-corrected chi connectivity index (χ0v) is 26.7. The van der Waals surface area contributed by atoms with E-state index in [9.17, 15) is 0 Å². The number of fused-ring (bicyclic) bond motifs is 1. The van der Waals surface area contributed by atoms with Crippen LogP contribution >= 0.6 is 11.8 Å². The van der Waals surface area contributed by atoms with Crippen LogP contribution in [-0.2, 0) is 0 Å². The van der Waals surface area contributed by atoms with E-state index in [0.29, 0.717) is 17.5 Å². The SMILES string of the molecule is C#CSc1cc(-c2nc(C3=CCCC=C3)nc(-c3ccccc3)n2)ccc1C(=C)/C=C\C.C/C=C\c1c(C)[nH]c2ccccc12. The third kappa shape index (κ3) is 7.49. The number of rotatable bonds is 7. The summed E-state index contributed by atoms with van der Waals surface area (Å²) in [6.07, 6.45) is 22.2. The Balaban J connectivity index is 0.000000256. The van der Waals surface area contributed by atoms with E-state index in [-0.39, 0.29) is 0 Å². The molecule has 4 nitrogen and oxygen atoms in total. The molecule has 5 heteroatoms. The topological polar surface area (TPSA) is 54.5 Å². The van der Waals surface area contributed by atoms with Crippen molar-refractivity contribution in [1.82, 2.24) is 19.9 Å². The average molecular weight is 605 g/mol. The number of benzene rings is 3. The molecule has 0 unspecified atom stereocenters. The molecule has 5 aromatic rings. The number of aromatic nitrogens is 4. The summed E-state index contributed by atoms with van der Waals surface area (Å²) in [7, 11) is 0. The molecule has 1 aliphatic rings. The third-order valence-electron chi connectivity index (χ3n) is 7.32. The Morgan fingerprint density at radius 1 is 0.889 bits per heavy atom. The van der Waals surface area contributed by atoms with Crippen molar-refractivity contribution in [3.63, 3.8) is 0 Å².